The Labute approximate surface area is 297 Å². The summed E-state index contributed by atoms with van der Waals surface area (Å²) in [6.07, 6.45) is 2.32. The van der Waals surface area contributed by atoms with Crippen LogP contribution in [0.5, 0.6) is 0 Å². The zero-order valence-corrected chi connectivity index (χ0v) is 30.8. The molecule has 11 heteroatoms. The topological polar surface area (TPSA) is 143 Å². The lowest BCUT2D eigenvalue weighted by Crippen LogP contribution is -2.47. The number of carbonyl (C=O) groups excluding carboxylic acids is 1. The minimum Gasteiger partial charge on any atom is -0.369 e. The van der Waals surface area contributed by atoms with Gasteiger partial charge in [0.2, 0.25) is 5.91 Å². The molecular weight excluding hydrogens is 649 g/mol. The highest BCUT2D eigenvalue weighted by atomic mass is 31.2. The molecule has 270 valence electrons. The van der Waals surface area contributed by atoms with Crippen molar-refractivity contribution in [1.29, 1.82) is 0 Å². The maximum absolute atomic E-state index is 12.7. The molecule has 0 radical (unpaired) electrons. The van der Waals surface area contributed by atoms with E-state index in [1.807, 2.05) is 48.5 Å². The lowest BCUT2D eigenvalue weighted by Gasteiger charge is -2.38. The van der Waals surface area contributed by atoms with Crippen LogP contribution in [0.15, 0.2) is 115 Å². The van der Waals surface area contributed by atoms with E-state index in [1.54, 1.807) is 6.20 Å². The molecule has 0 aliphatic carbocycles. The van der Waals surface area contributed by atoms with Gasteiger partial charge < -0.3 is 25.3 Å². The number of carbonyl (C=O) groups is 1. The van der Waals surface area contributed by atoms with Crippen molar-refractivity contribution in [3.63, 3.8) is 0 Å². The Bertz CT molecular complexity index is 1490. The summed E-state index contributed by atoms with van der Waals surface area (Å²) in [4.78, 5) is 46.2. The molecule has 1 aliphatic rings. The third-order valence-electron chi connectivity index (χ3n) is 8.99. The third-order valence-corrected chi connectivity index (χ3v) is 8.99. The predicted molar refractivity (Wildman–Crippen MR) is 200 cm³/mol. The van der Waals surface area contributed by atoms with Crippen molar-refractivity contribution in [2.75, 3.05) is 39.8 Å². The number of amides is 1. The highest BCUT2D eigenvalue weighted by molar-refractivity contribution is 7.45. The minimum atomic E-state index is -4.64. The van der Waals surface area contributed by atoms with E-state index >= 15 is 0 Å². The van der Waals surface area contributed by atoms with Crippen LogP contribution in [0.25, 0.3) is 0 Å². The molecule has 1 saturated heterocycles. The zero-order valence-electron chi connectivity index (χ0n) is 29.9. The molecule has 1 fully saturated rings. The first-order chi connectivity index (χ1) is 23.7. The van der Waals surface area contributed by atoms with Gasteiger partial charge in [-0.15, -0.1) is 0 Å². The van der Waals surface area contributed by atoms with Crippen molar-refractivity contribution >= 4 is 13.7 Å². The van der Waals surface area contributed by atoms with Gasteiger partial charge in [0.15, 0.2) is 0 Å². The van der Waals surface area contributed by atoms with Crippen LogP contribution in [0.2, 0.25) is 0 Å². The maximum atomic E-state index is 12.7. The van der Waals surface area contributed by atoms with Crippen molar-refractivity contribution in [2.24, 2.45) is 5.73 Å². The molecule has 5 N–H and O–H groups in total. The van der Waals surface area contributed by atoms with E-state index in [-0.39, 0.29) is 5.91 Å². The van der Waals surface area contributed by atoms with Gasteiger partial charge in [-0.25, -0.2) is 4.57 Å². The largest absolute Gasteiger partial charge is 0.466 e. The van der Waals surface area contributed by atoms with E-state index in [0.717, 1.165) is 38.3 Å². The number of rotatable bonds is 11. The fourth-order valence-corrected chi connectivity index (χ4v) is 6.52. The third kappa shape index (κ3) is 12.2. The first kappa shape index (κ1) is 40.7. The number of benzene rings is 3. The normalized spacial score (nSPS) is 15.2. The van der Waals surface area contributed by atoms with Gasteiger partial charge in [0.1, 0.15) is 5.41 Å². The second-order valence-electron chi connectivity index (χ2n) is 13.1. The lowest BCUT2D eigenvalue weighted by molar-refractivity contribution is -0.122. The molecule has 2 heterocycles. The molecule has 1 aliphatic heterocycles. The Balaban J connectivity index is 0.000000242. The Morgan fingerprint density at radius 2 is 1.22 bits per heavy atom. The van der Waals surface area contributed by atoms with Crippen LogP contribution < -0.4 is 5.73 Å². The van der Waals surface area contributed by atoms with Crippen molar-refractivity contribution in [1.82, 2.24) is 19.7 Å². The molecule has 1 amide bonds. The smallest absolute Gasteiger partial charge is 0.369 e. The van der Waals surface area contributed by atoms with Gasteiger partial charge in [-0.1, -0.05) is 97.1 Å². The molecule has 1 atom stereocenters. The van der Waals surface area contributed by atoms with Gasteiger partial charge in [-0.05, 0) is 70.0 Å². The van der Waals surface area contributed by atoms with Crippen LogP contribution in [0.1, 0.15) is 62.5 Å². The summed E-state index contributed by atoms with van der Waals surface area (Å²) in [5.74, 6) is -0.357. The van der Waals surface area contributed by atoms with E-state index in [9.17, 15) is 4.79 Å². The zero-order chi connectivity index (χ0) is 36.7. The van der Waals surface area contributed by atoms with Crippen molar-refractivity contribution in [3.8, 4) is 0 Å². The molecule has 10 nitrogen and oxygen atoms in total. The number of nitrogens with two attached hydrogens (primary N) is 1. The number of pyridine rings is 1. The summed E-state index contributed by atoms with van der Waals surface area (Å²) in [6.45, 7) is 14.0. The number of aromatic nitrogens is 1. The second-order valence-corrected chi connectivity index (χ2v) is 14.1. The van der Waals surface area contributed by atoms with E-state index in [2.05, 4.69) is 115 Å². The predicted octanol–water partition coefficient (Wildman–Crippen LogP) is 5.46. The Hall–Kier alpha value is -3.73. The number of piperazine rings is 1. The van der Waals surface area contributed by atoms with Crippen LogP contribution in [-0.2, 0) is 14.8 Å². The van der Waals surface area contributed by atoms with E-state index in [4.69, 9.17) is 25.0 Å². The fraction of sp³-hybridized carbons (Fsp3) is 0.385. The van der Waals surface area contributed by atoms with Crippen LogP contribution in [-0.4, -0.2) is 92.1 Å². The van der Waals surface area contributed by atoms with Gasteiger partial charge in [0, 0.05) is 51.0 Å². The van der Waals surface area contributed by atoms with Gasteiger partial charge in [0.05, 0.1) is 11.7 Å². The number of nitrogens with zero attached hydrogens (tertiary/aromatic N) is 4. The number of hydrogen-bond acceptors (Lipinski definition) is 6. The molecule has 3 aromatic carbocycles. The highest BCUT2D eigenvalue weighted by Crippen LogP contribution is 2.35. The maximum Gasteiger partial charge on any atom is 0.466 e. The summed E-state index contributed by atoms with van der Waals surface area (Å²) in [5, 5.41) is 0. The van der Waals surface area contributed by atoms with Crippen LogP contribution in [0, 0.1) is 0 Å². The molecule has 0 bridgehead atoms. The summed E-state index contributed by atoms with van der Waals surface area (Å²) in [7, 11) is -2.43. The highest BCUT2D eigenvalue weighted by Gasteiger charge is 2.42. The van der Waals surface area contributed by atoms with Gasteiger partial charge >= 0.3 is 7.82 Å². The molecule has 0 spiro atoms. The number of hydrogen-bond donors (Lipinski definition) is 4. The molecule has 1 unspecified atom stereocenters. The van der Waals surface area contributed by atoms with Gasteiger partial charge in [-0.2, -0.15) is 0 Å². The van der Waals surface area contributed by atoms with Crippen molar-refractivity contribution in [2.45, 2.75) is 57.7 Å². The minimum absolute atomic E-state index is 0.357. The van der Waals surface area contributed by atoms with E-state index < -0.39 is 13.2 Å². The summed E-state index contributed by atoms with van der Waals surface area (Å²) in [6, 6.07) is 38.3. The summed E-state index contributed by atoms with van der Waals surface area (Å²) < 4.78 is 8.88. The fourth-order valence-electron chi connectivity index (χ4n) is 6.52. The Kier molecular flexibility index (Phi) is 16.0. The van der Waals surface area contributed by atoms with E-state index in [0.29, 0.717) is 30.2 Å². The molecule has 0 saturated carbocycles. The van der Waals surface area contributed by atoms with Crippen molar-refractivity contribution < 1.29 is 24.0 Å². The molecular formula is C39H54N5O5P. The second kappa shape index (κ2) is 19.6. The first-order valence-corrected chi connectivity index (χ1v) is 18.6. The molecule has 4 aromatic rings. The van der Waals surface area contributed by atoms with Crippen LogP contribution in [0.3, 0.4) is 0 Å². The number of primary amides is 1. The average Bonchev–Trinajstić information content (AvgIpc) is 3.09. The summed E-state index contributed by atoms with van der Waals surface area (Å²) >= 11 is 0. The SMILES string of the molecule is CC(C)N(CCC(C(N)=O)(c1ccccc1)c1ccccn1)C(C)C.CN1CCN(C(c2ccccc2)c2ccccc2)CC1.O=P(O)(O)O. The molecule has 1 aromatic heterocycles. The summed E-state index contributed by atoms with van der Waals surface area (Å²) in [5.41, 5.74) is 9.44. The standard InChI is InChI=1S/C21H29N3O.C18H22N2.H3O4P/c1-16(2)24(17(3)4)15-13-21(20(22)25,18-10-6-5-7-11-18)19-12-8-9-14-23-19;1-19-12-14-20(15-13-19)18(16-8-4-2-5-9-16)17-10-6-3-7-11-17;1-5(2,3)4/h5-12,14,16-17H,13,15H2,1-4H3,(H2,22,25);2-11,18H,12-15H2,1H3;(H3,1,2,3,4). The van der Waals surface area contributed by atoms with Crippen molar-refractivity contribution in [3.05, 3.63) is 138 Å². The quantitative estimate of drug-likeness (QED) is 0.150. The first-order valence-electron chi connectivity index (χ1n) is 17.1. The van der Waals surface area contributed by atoms with Crippen LogP contribution >= 0.6 is 7.82 Å². The average molecular weight is 704 g/mol. The van der Waals surface area contributed by atoms with Gasteiger partial charge in [-0.3, -0.25) is 19.6 Å². The van der Waals surface area contributed by atoms with Gasteiger partial charge in [0.25, 0.3) is 0 Å². The molecule has 5 rings (SSSR count). The van der Waals surface area contributed by atoms with E-state index in [1.165, 1.54) is 11.1 Å². The molecule has 50 heavy (non-hydrogen) atoms. The van der Waals surface area contributed by atoms with Crippen LogP contribution in [0.4, 0.5) is 0 Å². The monoisotopic (exact) mass is 703 g/mol. The number of likely N-dealkylation sites (N-methyl/N-ethyl adjacent to an activating group) is 1. The number of phosphoric acid groups is 1. The lowest BCUT2D eigenvalue weighted by atomic mass is 9.73. The Morgan fingerprint density at radius 3 is 1.62 bits per heavy atom. The Morgan fingerprint density at radius 1 is 0.780 bits per heavy atom.